The Balaban J connectivity index is 0.000000483. The van der Waals surface area contributed by atoms with E-state index in [1.54, 1.807) is 0 Å². The second kappa shape index (κ2) is 16.3. The van der Waals surface area contributed by atoms with Gasteiger partial charge in [0.15, 0.2) is 10.7 Å². The number of hydrogen-bond donors (Lipinski definition) is 0. The van der Waals surface area contributed by atoms with E-state index >= 15 is 0 Å². The molecular weight excluding hydrogens is 400 g/mol. The van der Waals surface area contributed by atoms with Gasteiger partial charge in [0.1, 0.15) is 13.2 Å². The molecule has 0 atom stereocenters. The Morgan fingerprint density at radius 1 is 0.889 bits per heavy atom. The Morgan fingerprint density at radius 2 is 1.30 bits per heavy atom. The Bertz CT molecular complexity index is 524. The molecule has 27 heavy (non-hydrogen) atoms. The van der Waals surface area contributed by atoms with Crippen LogP contribution in [0.5, 0.6) is 0 Å². The zero-order chi connectivity index (χ0) is 19.0. The fourth-order valence-corrected chi connectivity index (χ4v) is 2.56. The normalized spacial score (nSPS) is 16.4. The van der Waals surface area contributed by atoms with Gasteiger partial charge in [-0.2, -0.15) is 0 Å². The van der Waals surface area contributed by atoms with Gasteiger partial charge in [0.2, 0.25) is 0 Å². The smallest absolute Gasteiger partial charge is 0.155 e. The van der Waals surface area contributed by atoms with Gasteiger partial charge in [-0.1, -0.05) is 11.1 Å². The van der Waals surface area contributed by atoms with Crippen molar-refractivity contribution >= 4 is 11.4 Å². The predicted molar refractivity (Wildman–Crippen MR) is 103 cm³/mol. The largest absolute Gasteiger partial charge is 0.364 e. The van der Waals surface area contributed by atoms with Gasteiger partial charge in [0.05, 0.1) is 0 Å². The van der Waals surface area contributed by atoms with E-state index in [0.29, 0.717) is 13.2 Å². The molecule has 0 spiro atoms. The molecule has 2 aliphatic heterocycles. The molecular formula is C18H28CuN4O4. The molecule has 2 heterocycles. The third kappa shape index (κ3) is 13.0. The molecule has 0 bridgehead atoms. The van der Waals surface area contributed by atoms with Crippen LogP contribution >= 0.6 is 0 Å². The molecule has 1 radical (unpaired) electrons. The molecule has 155 valence electrons. The van der Waals surface area contributed by atoms with Crippen molar-refractivity contribution in [2.75, 3.05) is 26.3 Å². The monoisotopic (exact) mass is 427 g/mol. The van der Waals surface area contributed by atoms with E-state index in [1.807, 2.05) is 13.8 Å². The average molecular weight is 428 g/mol. The molecule has 2 aliphatic rings. The van der Waals surface area contributed by atoms with E-state index in [1.165, 1.54) is 11.1 Å². The maximum atomic E-state index is 9.62. The van der Waals surface area contributed by atoms with Gasteiger partial charge < -0.3 is 9.68 Å². The fraction of sp³-hybridized carbons (Fsp3) is 0.667. The Kier molecular flexibility index (Phi) is 15.2. The van der Waals surface area contributed by atoms with Gasteiger partial charge in [-0.15, -0.1) is 9.81 Å². The molecule has 0 amide bonds. The molecule has 8 nitrogen and oxygen atoms in total. The molecule has 9 heteroatoms. The zero-order valence-corrected chi connectivity index (χ0v) is 16.9. The Labute approximate surface area is 170 Å². The molecule has 0 saturated heterocycles. The molecule has 0 saturated carbocycles. The van der Waals surface area contributed by atoms with E-state index in [4.69, 9.17) is 0 Å². The quantitative estimate of drug-likeness (QED) is 0.221. The van der Waals surface area contributed by atoms with Crippen LogP contribution in [0.15, 0.2) is 44.0 Å². The summed E-state index contributed by atoms with van der Waals surface area (Å²) in [5.74, 6) is 0. The summed E-state index contributed by atoms with van der Waals surface area (Å²) in [4.78, 5) is 36.6. The first-order chi connectivity index (χ1) is 12.7. The maximum absolute atomic E-state index is 9.62. The standard InChI is InChI=1S/2C9H14N2O2.Cu/c2*1-8(4-6-13-11-12)7-9-3-2-5-10-9;/h2*7H,2-6H2,1H3;. The minimum Gasteiger partial charge on any atom is -0.364 e. The van der Waals surface area contributed by atoms with Gasteiger partial charge in [-0.05, 0) is 51.7 Å². The van der Waals surface area contributed by atoms with Crippen LogP contribution in [-0.2, 0) is 26.7 Å². The fourth-order valence-electron chi connectivity index (χ4n) is 2.56. The summed E-state index contributed by atoms with van der Waals surface area (Å²) in [6, 6.07) is 0. The van der Waals surface area contributed by atoms with E-state index in [0.717, 1.165) is 63.0 Å². The number of nitrogens with zero attached hydrogens (tertiary/aromatic N) is 4. The average Bonchev–Trinajstić information content (AvgIpc) is 3.30. The minimum absolute atomic E-state index is 0. The summed E-state index contributed by atoms with van der Waals surface area (Å²) in [6.07, 6.45) is 10.1. The van der Waals surface area contributed by atoms with Gasteiger partial charge in [-0.3, -0.25) is 9.98 Å². The van der Waals surface area contributed by atoms with E-state index in [-0.39, 0.29) is 17.1 Å². The van der Waals surface area contributed by atoms with Crippen LogP contribution in [0.1, 0.15) is 52.4 Å². The van der Waals surface area contributed by atoms with Crippen LogP contribution in [-0.4, -0.2) is 37.7 Å². The number of rotatable bonds is 10. The molecule has 0 aliphatic carbocycles. The number of hydrogen-bond acceptors (Lipinski definition) is 8. The second-order valence-corrected chi connectivity index (χ2v) is 6.25. The first kappa shape index (κ1) is 25.1. The summed E-state index contributed by atoms with van der Waals surface area (Å²) < 4.78 is 0. The molecule has 0 aromatic heterocycles. The van der Waals surface area contributed by atoms with E-state index < -0.39 is 0 Å². The predicted octanol–water partition coefficient (Wildman–Crippen LogP) is 4.51. The van der Waals surface area contributed by atoms with Crippen LogP contribution in [0, 0.1) is 9.81 Å². The topological polar surface area (TPSA) is 102 Å². The van der Waals surface area contributed by atoms with Crippen molar-refractivity contribution in [3.63, 3.8) is 0 Å². The SMILES string of the molecule is CC(=CC1=NCCC1)CCON=O.CC(=CC1=NCCC1)CCON=O.[Cu]. The summed E-state index contributed by atoms with van der Waals surface area (Å²) in [7, 11) is 0. The molecule has 0 aromatic rings. The number of aliphatic imine (C=N–C) groups is 2. The van der Waals surface area contributed by atoms with Gasteiger partial charge in [-0.25, -0.2) is 0 Å². The summed E-state index contributed by atoms with van der Waals surface area (Å²) >= 11 is 0. The minimum atomic E-state index is 0. The van der Waals surface area contributed by atoms with E-state index in [9.17, 15) is 9.81 Å². The molecule has 0 unspecified atom stereocenters. The Morgan fingerprint density at radius 3 is 1.59 bits per heavy atom. The maximum Gasteiger partial charge on any atom is 0.155 e. The first-order valence-electron chi connectivity index (χ1n) is 8.96. The summed E-state index contributed by atoms with van der Waals surface area (Å²) in [5.41, 5.74) is 4.70. The molecule has 0 N–H and O–H groups in total. The summed E-state index contributed by atoms with van der Waals surface area (Å²) in [6.45, 7) is 6.64. The van der Waals surface area contributed by atoms with Crippen molar-refractivity contribution in [2.45, 2.75) is 52.4 Å². The molecule has 2 rings (SSSR count). The third-order valence-corrected chi connectivity index (χ3v) is 3.92. The van der Waals surface area contributed by atoms with Crippen molar-refractivity contribution in [3.05, 3.63) is 33.1 Å². The molecule has 0 aromatic carbocycles. The van der Waals surface area contributed by atoms with Crippen LogP contribution in [0.2, 0.25) is 0 Å². The van der Waals surface area contributed by atoms with Gasteiger partial charge >= 0.3 is 0 Å². The van der Waals surface area contributed by atoms with Crippen LogP contribution in [0.3, 0.4) is 0 Å². The first-order valence-corrected chi connectivity index (χ1v) is 8.96. The van der Waals surface area contributed by atoms with Crippen molar-refractivity contribution in [1.82, 2.24) is 0 Å². The van der Waals surface area contributed by atoms with Gasteiger partial charge in [0, 0.05) is 54.4 Å². The van der Waals surface area contributed by atoms with Crippen molar-refractivity contribution in [3.8, 4) is 0 Å². The number of allylic oxidation sites excluding steroid dienone is 2. The van der Waals surface area contributed by atoms with E-state index in [2.05, 4.69) is 42.5 Å². The van der Waals surface area contributed by atoms with Crippen molar-refractivity contribution in [1.29, 1.82) is 0 Å². The zero-order valence-electron chi connectivity index (χ0n) is 15.9. The second-order valence-electron chi connectivity index (χ2n) is 6.25. The van der Waals surface area contributed by atoms with Crippen LogP contribution < -0.4 is 0 Å². The van der Waals surface area contributed by atoms with Crippen LogP contribution in [0.25, 0.3) is 0 Å². The van der Waals surface area contributed by atoms with Crippen molar-refractivity contribution < 1.29 is 26.7 Å². The third-order valence-electron chi connectivity index (χ3n) is 3.92. The van der Waals surface area contributed by atoms with Crippen LogP contribution in [0.4, 0.5) is 0 Å². The Hall–Kier alpha value is -1.86. The summed E-state index contributed by atoms with van der Waals surface area (Å²) in [5, 5.41) is 4.66. The van der Waals surface area contributed by atoms with Gasteiger partial charge in [0.25, 0.3) is 0 Å². The molecule has 0 fully saturated rings. The van der Waals surface area contributed by atoms with Crippen molar-refractivity contribution in [2.24, 2.45) is 20.7 Å².